The lowest BCUT2D eigenvalue weighted by Gasteiger charge is -2.18. The highest BCUT2D eigenvalue weighted by Gasteiger charge is 2.19. The summed E-state index contributed by atoms with van der Waals surface area (Å²) < 4.78 is 16.7. The van der Waals surface area contributed by atoms with Crippen LogP contribution in [-0.4, -0.2) is 37.2 Å². The van der Waals surface area contributed by atoms with Gasteiger partial charge in [0, 0.05) is 19.3 Å². The molecule has 0 saturated carbocycles. The van der Waals surface area contributed by atoms with E-state index in [4.69, 9.17) is 14.2 Å². The first-order valence-corrected chi connectivity index (χ1v) is 26.6. The van der Waals surface area contributed by atoms with Gasteiger partial charge in [0.15, 0.2) is 6.10 Å². The molecule has 0 unspecified atom stereocenters. The highest BCUT2D eigenvalue weighted by Crippen LogP contribution is 2.10. The van der Waals surface area contributed by atoms with E-state index in [1.54, 1.807) is 0 Å². The molecule has 0 saturated heterocycles. The summed E-state index contributed by atoms with van der Waals surface area (Å²) in [5, 5.41) is 0. The molecule has 6 nitrogen and oxygen atoms in total. The molecule has 0 spiro atoms. The molecule has 69 heavy (non-hydrogen) atoms. The highest BCUT2D eigenvalue weighted by atomic mass is 16.6. The van der Waals surface area contributed by atoms with E-state index in [0.717, 1.165) is 135 Å². The Labute approximate surface area is 422 Å². The zero-order chi connectivity index (χ0) is 50.0. The van der Waals surface area contributed by atoms with E-state index < -0.39 is 12.1 Å². The SMILES string of the molecule is CC/C=C\C/C=C\C/C=C\C/C=C\C/C=C\CCCC(=O)OC[C@H](COC(=O)CCCCCC/C=C\C/C=C\C/C=C\C/C=C\CC)OC(=O)CCC/C=C\C/C=C\C/C=C\C/C=C\C/C=C\CC. The number of hydrogen-bond acceptors (Lipinski definition) is 6. The normalized spacial score (nSPS) is 13.5. The number of esters is 3. The summed E-state index contributed by atoms with van der Waals surface area (Å²) in [5.41, 5.74) is 0. The van der Waals surface area contributed by atoms with Crippen molar-refractivity contribution in [3.63, 3.8) is 0 Å². The molecule has 382 valence electrons. The second kappa shape index (κ2) is 55.4. The number of carbonyl (C=O) groups excluding carboxylic acids is 3. The second-order valence-corrected chi connectivity index (χ2v) is 16.6. The molecule has 6 heteroatoms. The molecule has 0 aliphatic rings. The smallest absolute Gasteiger partial charge is 0.306 e. The molecule has 0 N–H and O–H groups in total. The Kier molecular flexibility index (Phi) is 51.2. The van der Waals surface area contributed by atoms with Crippen LogP contribution in [0, 0.1) is 0 Å². The van der Waals surface area contributed by atoms with Gasteiger partial charge in [0.05, 0.1) is 0 Å². The van der Waals surface area contributed by atoms with Crippen LogP contribution in [0.25, 0.3) is 0 Å². The van der Waals surface area contributed by atoms with E-state index in [2.05, 4.69) is 191 Å². The van der Waals surface area contributed by atoms with E-state index in [-0.39, 0.29) is 38.0 Å². The van der Waals surface area contributed by atoms with Gasteiger partial charge >= 0.3 is 17.9 Å². The van der Waals surface area contributed by atoms with Crippen molar-refractivity contribution < 1.29 is 28.6 Å². The number of hydrogen-bond donors (Lipinski definition) is 0. The van der Waals surface area contributed by atoms with E-state index in [0.29, 0.717) is 19.3 Å². The molecule has 0 aromatic carbocycles. The van der Waals surface area contributed by atoms with Gasteiger partial charge in [0.1, 0.15) is 13.2 Å². The predicted octanol–water partition coefficient (Wildman–Crippen LogP) is 18.0. The lowest BCUT2D eigenvalue weighted by atomic mass is 10.1. The van der Waals surface area contributed by atoms with Crippen LogP contribution in [0.5, 0.6) is 0 Å². The third-order valence-corrected chi connectivity index (χ3v) is 10.2. The van der Waals surface area contributed by atoms with E-state index in [1.807, 2.05) is 0 Å². The topological polar surface area (TPSA) is 78.9 Å². The second-order valence-electron chi connectivity index (χ2n) is 16.6. The number of rotatable bonds is 45. The maximum absolute atomic E-state index is 12.8. The number of ether oxygens (including phenoxy) is 3. The van der Waals surface area contributed by atoms with Crippen LogP contribution < -0.4 is 0 Å². The molecule has 0 fully saturated rings. The van der Waals surface area contributed by atoms with Crippen molar-refractivity contribution in [2.24, 2.45) is 0 Å². The fourth-order valence-corrected chi connectivity index (χ4v) is 6.33. The van der Waals surface area contributed by atoms with Crippen LogP contribution in [0.3, 0.4) is 0 Å². The highest BCUT2D eigenvalue weighted by molar-refractivity contribution is 5.71. The summed E-state index contributed by atoms with van der Waals surface area (Å²) in [6.45, 7) is 6.15. The van der Waals surface area contributed by atoms with Crippen LogP contribution in [0.15, 0.2) is 170 Å². The third-order valence-electron chi connectivity index (χ3n) is 10.2. The van der Waals surface area contributed by atoms with Gasteiger partial charge in [-0.2, -0.15) is 0 Å². The van der Waals surface area contributed by atoms with E-state index in [1.165, 1.54) is 0 Å². The van der Waals surface area contributed by atoms with Crippen molar-refractivity contribution in [3.05, 3.63) is 170 Å². The van der Waals surface area contributed by atoms with Crippen molar-refractivity contribution >= 4 is 17.9 Å². The molecule has 0 bridgehead atoms. The minimum atomic E-state index is -0.851. The average Bonchev–Trinajstić information content (AvgIpc) is 3.35. The zero-order valence-electron chi connectivity index (χ0n) is 43.5. The standard InChI is InChI=1S/C63H94O6/c1-4-7-10-13-16-19-22-25-28-31-34-37-40-43-46-49-52-55-61(64)67-58-60(69-63(66)57-54-51-48-45-42-39-36-33-30-27-24-21-18-15-12-9-6-3)59-68-62(65)56-53-50-47-44-41-38-35-32-29-26-23-20-17-14-11-8-5-2/h7-12,16-21,25-30,34-39,43,45-46,48,60H,4-6,13-15,22-24,31-33,40-42,44,47,49-59H2,1-3H3/b10-7-,11-8-,12-9-,19-16-,20-17-,21-18-,28-25-,29-26-,30-27-,37-34-,38-35-,39-36-,46-43-,48-45-/t60-/m1/s1. The van der Waals surface area contributed by atoms with Gasteiger partial charge in [-0.1, -0.05) is 204 Å². The molecule has 1 atom stereocenters. The lowest BCUT2D eigenvalue weighted by molar-refractivity contribution is -0.167. The predicted molar refractivity (Wildman–Crippen MR) is 297 cm³/mol. The van der Waals surface area contributed by atoms with Crippen molar-refractivity contribution in [2.45, 2.75) is 194 Å². The fraction of sp³-hybridized carbons (Fsp3) is 0.508. The molecule has 0 heterocycles. The van der Waals surface area contributed by atoms with Crippen LogP contribution >= 0.6 is 0 Å². The Morgan fingerprint density at radius 1 is 0.290 bits per heavy atom. The van der Waals surface area contributed by atoms with Gasteiger partial charge in [-0.05, 0) is 135 Å². The number of carbonyl (C=O) groups is 3. The van der Waals surface area contributed by atoms with Gasteiger partial charge in [-0.25, -0.2) is 0 Å². The summed E-state index contributed by atoms with van der Waals surface area (Å²) >= 11 is 0. The molecule has 0 aromatic heterocycles. The van der Waals surface area contributed by atoms with Crippen molar-refractivity contribution in [1.29, 1.82) is 0 Å². The minimum absolute atomic E-state index is 0.140. The van der Waals surface area contributed by atoms with Crippen LogP contribution in [-0.2, 0) is 28.6 Å². The van der Waals surface area contributed by atoms with Crippen LogP contribution in [0.2, 0.25) is 0 Å². The largest absolute Gasteiger partial charge is 0.462 e. The van der Waals surface area contributed by atoms with Gasteiger partial charge < -0.3 is 14.2 Å². The minimum Gasteiger partial charge on any atom is -0.462 e. The Hall–Kier alpha value is -5.23. The molecule has 0 aromatic rings. The Balaban J connectivity index is 4.66. The van der Waals surface area contributed by atoms with Gasteiger partial charge in [-0.15, -0.1) is 0 Å². The first kappa shape index (κ1) is 63.8. The summed E-state index contributed by atoms with van der Waals surface area (Å²) in [5.74, 6) is -1.10. The molecular formula is C63H94O6. The van der Waals surface area contributed by atoms with Crippen LogP contribution in [0.4, 0.5) is 0 Å². The van der Waals surface area contributed by atoms with Gasteiger partial charge in [-0.3, -0.25) is 14.4 Å². The van der Waals surface area contributed by atoms with Crippen LogP contribution in [0.1, 0.15) is 188 Å². The maximum Gasteiger partial charge on any atom is 0.306 e. The number of unbranched alkanes of at least 4 members (excludes halogenated alkanes) is 6. The first-order chi connectivity index (χ1) is 34.0. The summed E-state index contributed by atoms with van der Waals surface area (Å²) in [7, 11) is 0. The van der Waals surface area contributed by atoms with Crippen molar-refractivity contribution in [1.82, 2.24) is 0 Å². The first-order valence-electron chi connectivity index (χ1n) is 26.6. The monoisotopic (exact) mass is 947 g/mol. The molecule has 0 rings (SSSR count). The fourth-order valence-electron chi connectivity index (χ4n) is 6.33. The van der Waals surface area contributed by atoms with Crippen molar-refractivity contribution in [3.8, 4) is 0 Å². The maximum atomic E-state index is 12.8. The van der Waals surface area contributed by atoms with Gasteiger partial charge in [0.2, 0.25) is 0 Å². The third kappa shape index (κ3) is 53.6. The Bertz CT molecular complexity index is 1650. The molecule has 0 aliphatic heterocycles. The Morgan fingerprint density at radius 2 is 0.536 bits per heavy atom. The quantitative estimate of drug-likeness (QED) is 0.0262. The van der Waals surface area contributed by atoms with Gasteiger partial charge in [0.25, 0.3) is 0 Å². The zero-order valence-corrected chi connectivity index (χ0v) is 43.5. The average molecular weight is 947 g/mol. The Morgan fingerprint density at radius 3 is 0.855 bits per heavy atom. The van der Waals surface area contributed by atoms with E-state index in [9.17, 15) is 14.4 Å². The summed E-state index contributed by atoms with van der Waals surface area (Å²) in [6.07, 6.45) is 82.0. The molecule has 0 amide bonds. The summed E-state index contributed by atoms with van der Waals surface area (Å²) in [4.78, 5) is 38.1. The van der Waals surface area contributed by atoms with Crippen molar-refractivity contribution in [2.75, 3.05) is 13.2 Å². The summed E-state index contributed by atoms with van der Waals surface area (Å²) in [6, 6.07) is 0. The molecule has 0 aliphatic carbocycles. The molecule has 0 radical (unpaired) electrons. The lowest BCUT2D eigenvalue weighted by Crippen LogP contribution is -2.30. The number of allylic oxidation sites excluding steroid dienone is 28. The molecular weight excluding hydrogens is 853 g/mol. The van der Waals surface area contributed by atoms with E-state index >= 15 is 0 Å².